The summed E-state index contributed by atoms with van der Waals surface area (Å²) in [7, 11) is -1.33. The second kappa shape index (κ2) is 5.97. The first-order valence-corrected chi connectivity index (χ1v) is 9.12. The molecule has 21 heavy (non-hydrogen) atoms. The van der Waals surface area contributed by atoms with Crippen molar-refractivity contribution in [3.8, 4) is 0 Å². The zero-order chi connectivity index (χ0) is 15.7. The fourth-order valence-corrected chi connectivity index (χ4v) is 4.61. The molecule has 0 saturated carbocycles. The molecule has 1 unspecified atom stereocenters. The molecule has 1 heterocycles. The van der Waals surface area contributed by atoms with E-state index in [0.29, 0.717) is 13.0 Å². The van der Waals surface area contributed by atoms with Gasteiger partial charge in [-0.2, -0.15) is 0 Å². The zero-order valence-electron chi connectivity index (χ0n) is 13.4. The van der Waals surface area contributed by atoms with Gasteiger partial charge in [-0.1, -0.05) is 39.0 Å². The SMILES string of the molecule is CNC1CCN(S(=O)(=O)CCC(C)(C)C)c2ccccc21. The number of fused-ring (bicyclic) bond motifs is 1. The number of nitrogens with zero attached hydrogens (tertiary/aromatic N) is 1. The van der Waals surface area contributed by atoms with E-state index in [1.807, 2.05) is 31.3 Å². The molecule has 1 aliphatic heterocycles. The highest BCUT2D eigenvalue weighted by Crippen LogP contribution is 2.35. The van der Waals surface area contributed by atoms with Crippen LogP contribution in [0.3, 0.4) is 0 Å². The minimum absolute atomic E-state index is 0.0237. The van der Waals surface area contributed by atoms with Crippen LogP contribution in [0.2, 0.25) is 0 Å². The number of hydrogen-bond donors (Lipinski definition) is 1. The molecular weight excluding hydrogens is 284 g/mol. The lowest BCUT2D eigenvalue weighted by atomic mass is 9.94. The lowest BCUT2D eigenvalue weighted by Gasteiger charge is -2.35. The number of anilines is 1. The van der Waals surface area contributed by atoms with E-state index in [-0.39, 0.29) is 17.2 Å². The van der Waals surface area contributed by atoms with Crippen molar-refractivity contribution in [2.75, 3.05) is 23.7 Å². The fourth-order valence-electron chi connectivity index (χ4n) is 2.67. The zero-order valence-corrected chi connectivity index (χ0v) is 14.2. The van der Waals surface area contributed by atoms with Crippen molar-refractivity contribution in [2.24, 2.45) is 5.41 Å². The van der Waals surface area contributed by atoms with Crippen molar-refractivity contribution in [3.63, 3.8) is 0 Å². The predicted molar refractivity (Wildman–Crippen MR) is 88.1 cm³/mol. The van der Waals surface area contributed by atoms with Crippen molar-refractivity contribution >= 4 is 15.7 Å². The van der Waals surface area contributed by atoms with Gasteiger partial charge < -0.3 is 5.32 Å². The largest absolute Gasteiger partial charge is 0.313 e. The molecule has 2 rings (SSSR count). The molecule has 0 saturated heterocycles. The molecule has 4 nitrogen and oxygen atoms in total. The second-order valence-electron chi connectivity index (χ2n) is 6.89. The summed E-state index contributed by atoms with van der Waals surface area (Å²) in [6.45, 7) is 6.77. The smallest absolute Gasteiger partial charge is 0.235 e. The maximum Gasteiger partial charge on any atom is 0.235 e. The normalized spacial score (nSPS) is 19.4. The van der Waals surface area contributed by atoms with Crippen LogP contribution in [0.1, 0.15) is 45.2 Å². The summed E-state index contributed by atoms with van der Waals surface area (Å²) in [6, 6.07) is 8.03. The molecule has 118 valence electrons. The number of sulfonamides is 1. The van der Waals surface area contributed by atoms with Crippen molar-refractivity contribution in [2.45, 2.75) is 39.7 Å². The molecule has 0 radical (unpaired) electrons. The van der Waals surface area contributed by atoms with Gasteiger partial charge >= 0.3 is 0 Å². The van der Waals surface area contributed by atoms with Crippen molar-refractivity contribution < 1.29 is 8.42 Å². The van der Waals surface area contributed by atoms with Gasteiger partial charge in [0, 0.05) is 12.6 Å². The fraction of sp³-hybridized carbons (Fsp3) is 0.625. The Bertz CT molecular complexity index is 591. The van der Waals surface area contributed by atoms with Gasteiger partial charge in [-0.05, 0) is 36.9 Å². The number of nitrogens with one attached hydrogen (secondary N) is 1. The van der Waals surface area contributed by atoms with Crippen LogP contribution in [-0.4, -0.2) is 27.8 Å². The third kappa shape index (κ3) is 3.77. The topological polar surface area (TPSA) is 49.4 Å². The summed E-state index contributed by atoms with van der Waals surface area (Å²) in [5, 5.41) is 3.27. The van der Waals surface area contributed by atoms with Crippen molar-refractivity contribution in [1.29, 1.82) is 0 Å². The summed E-state index contributed by atoms with van der Waals surface area (Å²) in [6.07, 6.45) is 1.48. The molecule has 1 aromatic carbocycles. The highest BCUT2D eigenvalue weighted by atomic mass is 32.2. The minimum atomic E-state index is -3.26. The molecule has 5 heteroatoms. The maximum atomic E-state index is 12.7. The average molecular weight is 310 g/mol. The Morgan fingerprint density at radius 2 is 1.95 bits per heavy atom. The Morgan fingerprint density at radius 3 is 2.57 bits per heavy atom. The van der Waals surface area contributed by atoms with Gasteiger partial charge in [-0.3, -0.25) is 4.31 Å². The van der Waals surface area contributed by atoms with Crippen molar-refractivity contribution in [1.82, 2.24) is 5.32 Å². The Morgan fingerprint density at radius 1 is 1.29 bits per heavy atom. The molecule has 0 aromatic heterocycles. The molecule has 1 N–H and O–H groups in total. The van der Waals surface area contributed by atoms with Crippen molar-refractivity contribution in [3.05, 3.63) is 29.8 Å². The highest BCUT2D eigenvalue weighted by molar-refractivity contribution is 7.92. The molecular formula is C16H26N2O2S. The van der Waals surface area contributed by atoms with Crippen LogP contribution in [-0.2, 0) is 10.0 Å². The summed E-state index contributed by atoms with van der Waals surface area (Å²) in [5.41, 5.74) is 1.93. The van der Waals surface area contributed by atoms with E-state index < -0.39 is 10.0 Å². The molecule has 0 aliphatic carbocycles. The first kappa shape index (κ1) is 16.3. The average Bonchev–Trinajstić information content (AvgIpc) is 2.43. The Hall–Kier alpha value is -1.07. The summed E-state index contributed by atoms with van der Waals surface area (Å²) >= 11 is 0. The van der Waals surface area contributed by atoms with Gasteiger partial charge in [-0.25, -0.2) is 8.42 Å². The van der Waals surface area contributed by atoms with Gasteiger partial charge in [0.25, 0.3) is 0 Å². The quantitative estimate of drug-likeness (QED) is 0.930. The van der Waals surface area contributed by atoms with E-state index in [9.17, 15) is 8.42 Å². The van der Waals surface area contributed by atoms with Crippen LogP contribution in [0.15, 0.2) is 24.3 Å². The molecule has 0 amide bonds. The summed E-state index contributed by atoms with van der Waals surface area (Å²) in [5.74, 6) is 0.203. The van der Waals surface area contributed by atoms with Gasteiger partial charge in [0.2, 0.25) is 10.0 Å². The standard InChI is InChI=1S/C16H26N2O2S/c1-16(2,3)10-12-21(19,20)18-11-9-14(17-4)13-7-5-6-8-15(13)18/h5-8,14,17H,9-12H2,1-4H3. The van der Waals surface area contributed by atoms with Crippen LogP contribution in [0.5, 0.6) is 0 Å². The maximum absolute atomic E-state index is 12.7. The number of benzene rings is 1. The number of para-hydroxylation sites is 1. The van der Waals surface area contributed by atoms with Crippen LogP contribution in [0.25, 0.3) is 0 Å². The molecule has 0 fully saturated rings. The second-order valence-corrected chi connectivity index (χ2v) is 8.90. The lowest BCUT2D eigenvalue weighted by Crippen LogP contribution is -2.40. The lowest BCUT2D eigenvalue weighted by molar-refractivity contribution is 0.396. The van der Waals surface area contributed by atoms with Gasteiger partial charge in [0.15, 0.2) is 0 Å². The van der Waals surface area contributed by atoms with Crippen LogP contribution >= 0.6 is 0 Å². The van der Waals surface area contributed by atoms with Gasteiger partial charge in [0.05, 0.1) is 11.4 Å². The summed E-state index contributed by atoms with van der Waals surface area (Å²) < 4.78 is 27.0. The van der Waals surface area contributed by atoms with E-state index in [1.54, 1.807) is 4.31 Å². The highest BCUT2D eigenvalue weighted by Gasteiger charge is 2.31. The Balaban J connectivity index is 2.29. The van der Waals surface area contributed by atoms with E-state index >= 15 is 0 Å². The number of hydrogen-bond acceptors (Lipinski definition) is 3. The van der Waals surface area contributed by atoms with E-state index in [4.69, 9.17) is 0 Å². The number of rotatable bonds is 4. The van der Waals surface area contributed by atoms with Crippen LogP contribution in [0.4, 0.5) is 5.69 Å². The van der Waals surface area contributed by atoms with Gasteiger partial charge in [0.1, 0.15) is 0 Å². The Kier molecular flexibility index (Phi) is 4.63. The molecule has 1 aromatic rings. The third-order valence-corrected chi connectivity index (χ3v) is 5.77. The third-order valence-electron chi connectivity index (χ3n) is 4.00. The first-order valence-electron chi connectivity index (χ1n) is 7.51. The van der Waals surface area contributed by atoms with E-state index in [1.165, 1.54) is 0 Å². The monoisotopic (exact) mass is 310 g/mol. The molecule has 1 aliphatic rings. The van der Waals surface area contributed by atoms with Crippen LogP contribution < -0.4 is 9.62 Å². The predicted octanol–water partition coefficient (Wildman–Crippen LogP) is 2.92. The van der Waals surface area contributed by atoms with Crippen LogP contribution in [0, 0.1) is 5.41 Å². The Labute approximate surface area is 128 Å². The molecule has 1 atom stereocenters. The molecule has 0 bridgehead atoms. The molecule has 0 spiro atoms. The first-order chi connectivity index (χ1) is 9.74. The minimum Gasteiger partial charge on any atom is -0.313 e. The summed E-state index contributed by atoms with van der Waals surface area (Å²) in [4.78, 5) is 0. The van der Waals surface area contributed by atoms with Gasteiger partial charge in [-0.15, -0.1) is 0 Å². The van der Waals surface area contributed by atoms with E-state index in [2.05, 4.69) is 26.1 Å². The van der Waals surface area contributed by atoms with E-state index in [0.717, 1.165) is 17.7 Å².